The first kappa shape index (κ1) is 23.3. The number of carbonyl (C=O) groups excluding carboxylic acids is 1. The lowest BCUT2D eigenvalue weighted by Crippen LogP contribution is -2.46. The number of anilines is 4. The van der Waals surface area contributed by atoms with Crippen molar-refractivity contribution in [2.75, 3.05) is 48.7 Å². The molecule has 1 aromatic heterocycles. The van der Waals surface area contributed by atoms with E-state index in [2.05, 4.69) is 44.1 Å². The number of aromatic nitrogens is 2. The summed E-state index contributed by atoms with van der Waals surface area (Å²) in [6.07, 6.45) is 0.519. The van der Waals surface area contributed by atoms with E-state index in [1.54, 1.807) is 24.3 Å². The molecular weight excluding hydrogens is 430 g/mol. The van der Waals surface area contributed by atoms with Gasteiger partial charge in [0.25, 0.3) is 5.91 Å². The van der Waals surface area contributed by atoms with Crippen LogP contribution in [-0.2, 0) is 6.42 Å². The van der Waals surface area contributed by atoms with E-state index in [-0.39, 0.29) is 11.5 Å². The predicted molar refractivity (Wildman–Crippen MR) is 135 cm³/mol. The Kier molecular flexibility index (Phi) is 7.12. The maximum atomic E-state index is 12.1. The number of hydrogen-bond acceptors (Lipinski definition) is 8. The quantitative estimate of drug-likeness (QED) is 0.436. The summed E-state index contributed by atoms with van der Waals surface area (Å²) < 4.78 is 5.95. The number of primary amides is 1. The van der Waals surface area contributed by atoms with Crippen molar-refractivity contribution >= 4 is 28.8 Å². The van der Waals surface area contributed by atoms with Crippen molar-refractivity contribution in [2.24, 2.45) is 5.73 Å². The van der Waals surface area contributed by atoms with Gasteiger partial charge in [0.2, 0.25) is 5.88 Å². The number of nitrogens with two attached hydrogens (primary N) is 2. The predicted octanol–water partition coefficient (Wildman–Crippen LogP) is 3.40. The van der Waals surface area contributed by atoms with Crippen molar-refractivity contribution in [2.45, 2.75) is 20.3 Å². The third-order valence-electron chi connectivity index (χ3n) is 5.89. The summed E-state index contributed by atoms with van der Waals surface area (Å²) in [5, 5.41) is 3.18. The van der Waals surface area contributed by atoms with Gasteiger partial charge in [-0.05, 0) is 49.4 Å². The first-order valence-corrected chi connectivity index (χ1v) is 11.5. The second kappa shape index (κ2) is 10.4. The molecule has 1 saturated heterocycles. The Hall–Kier alpha value is -3.85. The van der Waals surface area contributed by atoms with Crippen LogP contribution in [0.2, 0.25) is 0 Å². The van der Waals surface area contributed by atoms with E-state index in [1.807, 2.05) is 19.1 Å². The minimum Gasteiger partial charge on any atom is -0.437 e. The van der Waals surface area contributed by atoms with E-state index in [0.29, 0.717) is 29.4 Å². The summed E-state index contributed by atoms with van der Waals surface area (Å²) in [4.78, 5) is 25.9. The molecule has 9 heteroatoms. The van der Waals surface area contributed by atoms with Crippen molar-refractivity contribution < 1.29 is 9.53 Å². The van der Waals surface area contributed by atoms with Crippen molar-refractivity contribution in [3.63, 3.8) is 0 Å². The molecule has 0 spiro atoms. The topological polar surface area (TPSA) is 123 Å². The van der Waals surface area contributed by atoms with Gasteiger partial charge >= 0.3 is 0 Å². The molecule has 9 nitrogen and oxygen atoms in total. The van der Waals surface area contributed by atoms with Gasteiger partial charge in [0.15, 0.2) is 11.5 Å². The Morgan fingerprint density at radius 3 is 2.41 bits per heavy atom. The van der Waals surface area contributed by atoms with Crippen molar-refractivity contribution in [1.82, 2.24) is 14.9 Å². The molecule has 1 aliphatic heterocycles. The number of benzene rings is 2. The SMILES string of the molecule is CCc1nc(C(N)=O)c(Nc2ccc(N3CCN(CC)CC3)cc2)nc1Oc1cccc(N)c1. The monoisotopic (exact) mass is 461 g/mol. The van der Waals surface area contributed by atoms with Crippen LogP contribution in [-0.4, -0.2) is 53.5 Å². The number of aryl methyl sites for hydroxylation is 1. The number of carbonyl (C=O) groups is 1. The molecule has 2 heterocycles. The van der Waals surface area contributed by atoms with Crippen LogP contribution in [0.25, 0.3) is 0 Å². The van der Waals surface area contributed by atoms with Gasteiger partial charge in [-0.2, -0.15) is 4.98 Å². The van der Waals surface area contributed by atoms with E-state index >= 15 is 0 Å². The van der Waals surface area contributed by atoms with Gasteiger partial charge in [-0.3, -0.25) is 4.79 Å². The molecule has 0 unspecified atom stereocenters. The lowest BCUT2D eigenvalue weighted by atomic mass is 10.2. The minimum absolute atomic E-state index is 0.0662. The first-order valence-electron chi connectivity index (χ1n) is 11.5. The minimum atomic E-state index is -0.661. The molecule has 1 fully saturated rings. The Morgan fingerprint density at radius 2 is 1.79 bits per heavy atom. The molecule has 34 heavy (non-hydrogen) atoms. The Balaban J connectivity index is 1.57. The smallest absolute Gasteiger partial charge is 0.271 e. The van der Waals surface area contributed by atoms with Gasteiger partial charge in [0, 0.05) is 49.3 Å². The molecule has 0 saturated carbocycles. The molecule has 0 bridgehead atoms. The van der Waals surface area contributed by atoms with Crippen LogP contribution in [0.4, 0.5) is 22.9 Å². The van der Waals surface area contributed by atoms with Crippen LogP contribution < -0.4 is 26.4 Å². The summed E-state index contributed by atoms with van der Waals surface area (Å²) >= 11 is 0. The summed E-state index contributed by atoms with van der Waals surface area (Å²) in [6.45, 7) is 9.31. The lowest BCUT2D eigenvalue weighted by molar-refractivity contribution is 0.0996. The van der Waals surface area contributed by atoms with Crippen molar-refractivity contribution in [3.05, 3.63) is 59.9 Å². The zero-order chi connectivity index (χ0) is 24.1. The van der Waals surface area contributed by atoms with Crippen LogP contribution in [0, 0.1) is 0 Å². The van der Waals surface area contributed by atoms with Crippen LogP contribution in [0.3, 0.4) is 0 Å². The molecule has 5 N–H and O–H groups in total. The second-order valence-corrected chi connectivity index (χ2v) is 8.16. The fraction of sp³-hybridized carbons (Fsp3) is 0.320. The highest BCUT2D eigenvalue weighted by Crippen LogP contribution is 2.29. The number of hydrogen-bond donors (Lipinski definition) is 3. The van der Waals surface area contributed by atoms with Crippen LogP contribution in [0.5, 0.6) is 11.6 Å². The van der Waals surface area contributed by atoms with Gasteiger partial charge in [-0.15, -0.1) is 0 Å². The van der Waals surface area contributed by atoms with Crippen molar-refractivity contribution in [1.29, 1.82) is 0 Å². The number of nitrogen functional groups attached to an aromatic ring is 1. The van der Waals surface area contributed by atoms with Gasteiger partial charge in [-0.1, -0.05) is 19.9 Å². The van der Waals surface area contributed by atoms with E-state index in [0.717, 1.165) is 44.1 Å². The van der Waals surface area contributed by atoms with Gasteiger partial charge in [0.05, 0.1) is 0 Å². The number of ether oxygens (including phenoxy) is 1. The highest BCUT2D eigenvalue weighted by molar-refractivity contribution is 5.96. The highest BCUT2D eigenvalue weighted by atomic mass is 16.5. The first-order chi connectivity index (χ1) is 16.5. The molecule has 0 aliphatic carbocycles. The maximum Gasteiger partial charge on any atom is 0.271 e. The Morgan fingerprint density at radius 1 is 1.06 bits per heavy atom. The van der Waals surface area contributed by atoms with Gasteiger partial charge in [0.1, 0.15) is 11.4 Å². The standard InChI is InChI=1S/C25H31N7O2/c1-3-21-25(34-20-7-5-6-17(26)16-20)30-24(22(29-21)23(27)33)28-18-8-10-19(11-9-18)32-14-12-31(4-2)13-15-32/h5-11,16H,3-4,12-15,26H2,1-2H3,(H2,27,33)(H,28,30). The summed E-state index contributed by atoms with van der Waals surface area (Å²) in [5.41, 5.74) is 14.6. The number of nitrogens with zero attached hydrogens (tertiary/aromatic N) is 4. The number of amides is 1. The van der Waals surface area contributed by atoms with Crippen LogP contribution >= 0.6 is 0 Å². The van der Waals surface area contributed by atoms with E-state index < -0.39 is 5.91 Å². The zero-order valence-corrected chi connectivity index (χ0v) is 19.6. The van der Waals surface area contributed by atoms with Crippen LogP contribution in [0.15, 0.2) is 48.5 Å². The average Bonchev–Trinajstić information content (AvgIpc) is 2.84. The number of piperazine rings is 1. The average molecular weight is 462 g/mol. The second-order valence-electron chi connectivity index (χ2n) is 8.16. The van der Waals surface area contributed by atoms with Crippen LogP contribution in [0.1, 0.15) is 30.0 Å². The molecule has 178 valence electrons. The molecule has 2 aromatic carbocycles. The van der Waals surface area contributed by atoms with Crippen molar-refractivity contribution in [3.8, 4) is 11.6 Å². The third kappa shape index (κ3) is 5.37. The largest absolute Gasteiger partial charge is 0.437 e. The Labute approximate surface area is 199 Å². The molecule has 3 aromatic rings. The van der Waals surface area contributed by atoms with E-state index in [4.69, 9.17) is 16.2 Å². The molecule has 0 radical (unpaired) electrons. The number of rotatable bonds is 8. The number of likely N-dealkylation sites (N-methyl/N-ethyl adjacent to an activating group) is 1. The molecule has 1 amide bonds. The lowest BCUT2D eigenvalue weighted by Gasteiger charge is -2.35. The molecule has 1 aliphatic rings. The molecule has 0 atom stereocenters. The zero-order valence-electron chi connectivity index (χ0n) is 19.6. The molecular formula is C25H31N7O2. The van der Waals surface area contributed by atoms with E-state index in [1.165, 1.54) is 0 Å². The fourth-order valence-corrected chi connectivity index (χ4v) is 3.93. The maximum absolute atomic E-state index is 12.1. The van der Waals surface area contributed by atoms with Gasteiger partial charge in [-0.25, -0.2) is 4.98 Å². The highest BCUT2D eigenvalue weighted by Gasteiger charge is 2.19. The third-order valence-corrected chi connectivity index (χ3v) is 5.89. The van der Waals surface area contributed by atoms with E-state index in [9.17, 15) is 4.79 Å². The number of nitrogens with one attached hydrogen (secondary N) is 1. The molecule has 4 rings (SSSR count). The fourth-order valence-electron chi connectivity index (χ4n) is 3.93. The summed E-state index contributed by atoms with van der Waals surface area (Å²) in [6, 6.07) is 15.1. The van der Waals surface area contributed by atoms with Gasteiger partial charge < -0.3 is 31.3 Å². The summed E-state index contributed by atoms with van der Waals surface area (Å²) in [5.74, 6) is 0.416. The summed E-state index contributed by atoms with van der Waals surface area (Å²) in [7, 11) is 0. The normalized spacial score (nSPS) is 14.1. The Bertz CT molecular complexity index is 1140.